The fourth-order valence-corrected chi connectivity index (χ4v) is 2.19. The Bertz CT molecular complexity index is 597. The van der Waals surface area contributed by atoms with Crippen LogP contribution in [0.15, 0.2) is 12.1 Å². The second-order valence-corrected chi connectivity index (χ2v) is 4.52. The van der Waals surface area contributed by atoms with E-state index >= 15 is 0 Å². The van der Waals surface area contributed by atoms with Gasteiger partial charge in [0.15, 0.2) is 17.6 Å². The van der Waals surface area contributed by atoms with Crippen LogP contribution < -0.4 is 14.4 Å². The van der Waals surface area contributed by atoms with Gasteiger partial charge in [-0.2, -0.15) is 0 Å². The van der Waals surface area contributed by atoms with Crippen LogP contribution in [-0.4, -0.2) is 43.0 Å². The van der Waals surface area contributed by atoms with E-state index < -0.39 is 24.5 Å². The summed E-state index contributed by atoms with van der Waals surface area (Å²) in [5.41, 5.74) is 0.501. The van der Waals surface area contributed by atoms with Gasteiger partial charge in [-0.05, 0) is 18.6 Å². The summed E-state index contributed by atoms with van der Waals surface area (Å²) in [6.45, 7) is 1.26. The van der Waals surface area contributed by atoms with Crippen molar-refractivity contribution in [3.8, 4) is 11.5 Å². The molecular weight excluding hydrogens is 278 g/mol. The number of carboxylic acid groups (broad SMARTS) is 1. The molecule has 7 nitrogen and oxygen atoms in total. The molecule has 112 valence electrons. The fourth-order valence-electron chi connectivity index (χ4n) is 2.19. The smallest absolute Gasteiger partial charge is 0.323 e. The van der Waals surface area contributed by atoms with Crippen molar-refractivity contribution in [2.75, 3.05) is 18.6 Å². The van der Waals surface area contributed by atoms with Gasteiger partial charge in [0.05, 0.1) is 12.8 Å². The van der Waals surface area contributed by atoms with Crippen molar-refractivity contribution in [1.29, 1.82) is 0 Å². The zero-order valence-corrected chi connectivity index (χ0v) is 11.7. The highest BCUT2D eigenvalue weighted by Gasteiger charge is 2.36. The van der Waals surface area contributed by atoms with Crippen molar-refractivity contribution in [3.63, 3.8) is 0 Å². The van der Waals surface area contributed by atoms with E-state index in [-0.39, 0.29) is 22.7 Å². The Hall–Kier alpha value is -2.57. The van der Waals surface area contributed by atoms with E-state index in [9.17, 15) is 14.4 Å². The van der Waals surface area contributed by atoms with Crippen molar-refractivity contribution in [2.45, 2.75) is 19.4 Å². The van der Waals surface area contributed by atoms with Gasteiger partial charge in [-0.3, -0.25) is 19.3 Å². The summed E-state index contributed by atoms with van der Waals surface area (Å²) in [6, 6.07) is 2.89. The van der Waals surface area contributed by atoms with Crippen LogP contribution in [0.25, 0.3) is 0 Å². The summed E-state index contributed by atoms with van der Waals surface area (Å²) in [5, 5.41) is 8.99. The van der Waals surface area contributed by atoms with Crippen LogP contribution in [0.3, 0.4) is 0 Å². The van der Waals surface area contributed by atoms with Gasteiger partial charge in [-0.1, -0.05) is 6.92 Å². The average molecular weight is 293 g/mol. The van der Waals surface area contributed by atoms with Gasteiger partial charge in [0.2, 0.25) is 0 Å². The van der Waals surface area contributed by atoms with E-state index in [1.807, 2.05) is 0 Å². The number of aliphatic carboxylic acids is 1. The Morgan fingerprint density at radius 2 is 2.24 bits per heavy atom. The Labute approximate surface area is 121 Å². The van der Waals surface area contributed by atoms with Gasteiger partial charge in [-0.25, -0.2) is 0 Å². The highest BCUT2D eigenvalue weighted by atomic mass is 16.5. The number of carbonyl (C=O) groups excluding carboxylic acids is 2. The molecule has 0 aromatic heterocycles. The molecule has 1 aliphatic heterocycles. The quantitative estimate of drug-likeness (QED) is 0.817. The number of carboxylic acids is 1. The molecule has 1 aliphatic rings. The molecule has 0 spiro atoms. The normalized spacial score (nSPS) is 17.0. The molecule has 0 bridgehead atoms. The van der Waals surface area contributed by atoms with Crippen molar-refractivity contribution < 1.29 is 29.0 Å². The molecule has 0 saturated heterocycles. The lowest BCUT2D eigenvalue weighted by molar-refractivity contribution is -0.137. The molecule has 1 unspecified atom stereocenters. The van der Waals surface area contributed by atoms with E-state index in [0.717, 1.165) is 4.90 Å². The standard InChI is InChI=1S/C14H15NO6/c1-3-10-14(19)15(6-12(17)18)9-4-8(7-16)5-11(20-2)13(9)21-10/h4-5,7,10H,3,6H2,1-2H3,(H,17,18). The topological polar surface area (TPSA) is 93.1 Å². The third kappa shape index (κ3) is 2.67. The zero-order chi connectivity index (χ0) is 15.6. The summed E-state index contributed by atoms with van der Waals surface area (Å²) in [7, 11) is 1.41. The number of nitrogens with zero attached hydrogens (tertiary/aromatic N) is 1. The fraction of sp³-hybridized carbons (Fsp3) is 0.357. The number of fused-ring (bicyclic) bond motifs is 1. The molecule has 21 heavy (non-hydrogen) atoms. The summed E-state index contributed by atoms with van der Waals surface area (Å²) in [6.07, 6.45) is 0.221. The van der Waals surface area contributed by atoms with Gasteiger partial charge in [0, 0.05) is 5.56 Å². The van der Waals surface area contributed by atoms with Crippen molar-refractivity contribution >= 4 is 23.9 Å². The first-order valence-corrected chi connectivity index (χ1v) is 6.38. The Kier molecular flexibility index (Phi) is 4.11. The molecule has 0 saturated carbocycles. The molecule has 7 heteroatoms. The average Bonchev–Trinajstić information content (AvgIpc) is 2.48. The number of carbonyl (C=O) groups is 3. The summed E-state index contributed by atoms with van der Waals surface area (Å²) in [4.78, 5) is 35.3. The number of hydrogen-bond donors (Lipinski definition) is 1. The highest BCUT2D eigenvalue weighted by Crippen LogP contribution is 2.42. The number of rotatable bonds is 5. The van der Waals surface area contributed by atoms with Crippen molar-refractivity contribution in [1.82, 2.24) is 0 Å². The van der Waals surface area contributed by atoms with Crippen molar-refractivity contribution in [3.05, 3.63) is 17.7 Å². The van der Waals surface area contributed by atoms with Gasteiger partial charge in [0.1, 0.15) is 12.8 Å². The van der Waals surface area contributed by atoms with Gasteiger partial charge >= 0.3 is 5.97 Å². The maximum Gasteiger partial charge on any atom is 0.323 e. The van der Waals surface area contributed by atoms with E-state index in [0.29, 0.717) is 12.7 Å². The molecule has 2 rings (SSSR count). The van der Waals surface area contributed by atoms with Gasteiger partial charge in [-0.15, -0.1) is 0 Å². The van der Waals surface area contributed by atoms with E-state index in [4.69, 9.17) is 14.6 Å². The minimum absolute atomic E-state index is 0.230. The summed E-state index contributed by atoms with van der Waals surface area (Å²) in [5.74, 6) is -1.04. The largest absolute Gasteiger partial charge is 0.493 e. The maximum absolute atomic E-state index is 12.3. The molecule has 1 N–H and O–H groups in total. The van der Waals surface area contributed by atoms with Crippen LogP contribution in [0.5, 0.6) is 11.5 Å². The monoisotopic (exact) mass is 293 g/mol. The second-order valence-electron chi connectivity index (χ2n) is 4.52. The first kappa shape index (κ1) is 14.8. The van der Waals surface area contributed by atoms with Crippen LogP contribution in [-0.2, 0) is 9.59 Å². The predicted molar refractivity (Wildman–Crippen MR) is 73.1 cm³/mol. The zero-order valence-electron chi connectivity index (χ0n) is 11.7. The minimum atomic E-state index is -1.15. The van der Waals surface area contributed by atoms with Gasteiger partial charge < -0.3 is 14.6 Å². The third-order valence-electron chi connectivity index (χ3n) is 3.17. The number of benzene rings is 1. The lowest BCUT2D eigenvalue weighted by Gasteiger charge is -2.34. The number of ether oxygens (including phenoxy) is 2. The van der Waals surface area contributed by atoms with Crippen LogP contribution in [0, 0.1) is 0 Å². The number of methoxy groups -OCH3 is 1. The number of aldehydes is 1. The molecule has 1 aromatic rings. The molecular formula is C14H15NO6. The Morgan fingerprint density at radius 3 is 2.76 bits per heavy atom. The molecule has 0 radical (unpaired) electrons. The molecule has 1 amide bonds. The highest BCUT2D eigenvalue weighted by molar-refractivity contribution is 6.04. The minimum Gasteiger partial charge on any atom is -0.493 e. The van der Waals surface area contributed by atoms with Gasteiger partial charge in [0.25, 0.3) is 5.91 Å². The molecule has 0 aliphatic carbocycles. The Balaban J connectivity index is 2.60. The molecule has 0 fully saturated rings. The van der Waals surface area contributed by atoms with Crippen LogP contribution >= 0.6 is 0 Å². The molecule has 1 heterocycles. The predicted octanol–water partition coefficient (Wildman–Crippen LogP) is 1.10. The summed E-state index contributed by atoms with van der Waals surface area (Å²) >= 11 is 0. The van der Waals surface area contributed by atoms with Crippen molar-refractivity contribution in [2.24, 2.45) is 0 Å². The lowest BCUT2D eigenvalue weighted by Crippen LogP contribution is -2.47. The molecule has 1 aromatic carbocycles. The van der Waals surface area contributed by atoms with E-state index in [2.05, 4.69) is 0 Å². The third-order valence-corrected chi connectivity index (χ3v) is 3.17. The summed E-state index contributed by atoms with van der Waals surface area (Å²) < 4.78 is 10.8. The van der Waals surface area contributed by atoms with Crippen LogP contribution in [0.4, 0.5) is 5.69 Å². The van der Waals surface area contributed by atoms with Crippen LogP contribution in [0.1, 0.15) is 23.7 Å². The SMILES string of the molecule is CCC1Oc2c(OC)cc(C=O)cc2N(CC(=O)O)C1=O. The molecule has 1 atom stereocenters. The van der Waals surface area contributed by atoms with Crippen LogP contribution in [0.2, 0.25) is 0 Å². The Morgan fingerprint density at radius 1 is 1.52 bits per heavy atom. The van der Waals surface area contributed by atoms with E-state index in [1.165, 1.54) is 19.2 Å². The lowest BCUT2D eigenvalue weighted by atomic mass is 10.1. The second kappa shape index (κ2) is 5.82. The first-order valence-electron chi connectivity index (χ1n) is 6.38. The first-order chi connectivity index (χ1) is 10.0. The number of anilines is 1. The van der Waals surface area contributed by atoms with E-state index in [1.54, 1.807) is 6.92 Å². The maximum atomic E-state index is 12.3. The number of amides is 1. The number of hydrogen-bond acceptors (Lipinski definition) is 5.